The van der Waals surface area contributed by atoms with Crippen LogP contribution >= 0.6 is 11.3 Å². The predicted octanol–water partition coefficient (Wildman–Crippen LogP) is 2.65. The molecule has 0 radical (unpaired) electrons. The van der Waals surface area contributed by atoms with Crippen LogP contribution in [0.5, 0.6) is 0 Å². The Labute approximate surface area is 132 Å². The van der Waals surface area contributed by atoms with Crippen LogP contribution in [0, 0.1) is 0 Å². The number of thiophene rings is 1. The summed E-state index contributed by atoms with van der Waals surface area (Å²) in [5.74, 6) is 1.27. The summed E-state index contributed by atoms with van der Waals surface area (Å²) in [6, 6.07) is 4.07. The molecule has 1 atom stereocenters. The molecule has 7 heteroatoms. The third-order valence-electron chi connectivity index (χ3n) is 4.21. The fraction of sp³-hybridized carbons (Fsp3) is 0.400. The Morgan fingerprint density at radius 2 is 2.27 bits per heavy atom. The Hall–Kier alpha value is -1.99. The number of aryl methyl sites for hydroxylation is 1. The van der Waals surface area contributed by atoms with Crippen LogP contribution in [-0.4, -0.2) is 31.2 Å². The van der Waals surface area contributed by atoms with Gasteiger partial charge in [0.25, 0.3) is 5.89 Å². The lowest BCUT2D eigenvalue weighted by molar-refractivity contribution is 0.164. The average molecular weight is 315 g/mol. The van der Waals surface area contributed by atoms with Gasteiger partial charge < -0.3 is 8.98 Å². The number of hydrogen-bond donors (Lipinski definition) is 0. The molecule has 0 amide bonds. The van der Waals surface area contributed by atoms with E-state index in [-0.39, 0.29) is 6.04 Å². The maximum Gasteiger partial charge on any atom is 0.257 e. The number of rotatable bonds is 3. The van der Waals surface area contributed by atoms with Crippen molar-refractivity contribution in [1.82, 2.24) is 24.6 Å². The molecule has 22 heavy (non-hydrogen) atoms. The van der Waals surface area contributed by atoms with Gasteiger partial charge in [0.1, 0.15) is 0 Å². The number of nitrogens with zero attached hydrogens (tertiary/aromatic N) is 5. The number of fused-ring (bicyclic) bond motifs is 1. The van der Waals surface area contributed by atoms with E-state index < -0.39 is 0 Å². The quantitative estimate of drug-likeness (QED) is 0.743. The zero-order chi connectivity index (χ0) is 15.1. The standard InChI is InChI=1S/C15H17N5OS/c1-10(14-17-18-15(21-14)13-4-3-7-22-13)20-6-5-12-11(8-20)16-9-19(12)2/h3-4,7,9-10H,5-6,8H2,1-2H3. The monoisotopic (exact) mass is 315 g/mol. The van der Waals surface area contributed by atoms with Crippen LogP contribution in [0.2, 0.25) is 0 Å². The van der Waals surface area contributed by atoms with Gasteiger partial charge in [-0.3, -0.25) is 4.90 Å². The minimum atomic E-state index is 0.0939. The lowest BCUT2D eigenvalue weighted by Crippen LogP contribution is -2.33. The Balaban J connectivity index is 1.54. The van der Waals surface area contributed by atoms with Gasteiger partial charge in [0.15, 0.2) is 0 Å². The van der Waals surface area contributed by atoms with Gasteiger partial charge in [0, 0.05) is 32.3 Å². The molecule has 0 aromatic carbocycles. The molecule has 0 fully saturated rings. The minimum absolute atomic E-state index is 0.0939. The summed E-state index contributed by atoms with van der Waals surface area (Å²) in [6.07, 6.45) is 2.89. The SMILES string of the molecule is CC(c1nnc(-c2cccs2)o1)N1CCc2c(ncn2C)C1. The van der Waals surface area contributed by atoms with Crippen molar-refractivity contribution in [2.75, 3.05) is 6.54 Å². The maximum atomic E-state index is 5.86. The Bertz CT molecular complexity index is 776. The number of imidazole rings is 1. The third-order valence-corrected chi connectivity index (χ3v) is 5.07. The first kappa shape index (κ1) is 13.7. The summed E-state index contributed by atoms with van der Waals surface area (Å²) in [7, 11) is 2.05. The summed E-state index contributed by atoms with van der Waals surface area (Å²) in [5, 5.41) is 10.4. The molecule has 0 bridgehead atoms. The van der Waals surface area contributed by atoms with Crippen molar-refractivity contribution in [2.45, 2.75) is 25.9 Å². The van der Waals surface area contributed by atoms with E-state index in [1.54, 1.807) is 11.3 Å². The maximum absolute atomic E-state index is 5.86. The zero-order valence-corrected chi connectivity index (χ0v) is 13.4. The molecule has 0 spiro atoms. The molecule has 6 nitrogen and oxygen atoms in total. The van der Waals surface area contributed by atoms with E-state index in [0.29, 0.717) is 11.8 Å². The normalized spacial score (nSPS) is 16.6. The van der Waals surface area contributed by atoms with Gasteiger partial charge in [-0.15, -0.1) is 21.5 Å². The molecule has 0 saturated carbocycles. The van der Waals surface area contributed by atoms with Gasteiger partial charge in [-0.1, -0.05) is 6.07 Å². The second-order valence-electron chi connectivity index (χ2n) is 5.57. The Morgan fingerprint density at radius 1 is 1.36 bits per heavy atom. The van der Waals surface area contributed by atoms with Gasteiger partial charge >= 0.3 is 0 Å². The molecule has 1 aliphatic heterocycles. The smallest absolute Gasteiger partial charge is 0.257 e. The van der Waals surface area contributed by atoms with E-state index in [4.69, 9.17) is 4.42 Å². The van der Waals surface area contributed by atoms with Crippen molar-refractivity contribution in [3.05, 3.63) is 41.1 Å². The van der Waals surface area contributed by atoms with Crippen LogP contribution < -0.4 is 0 Å². The molecule has 1 aliphatic rings. The molecule has 4 rings (SSSR count). The predicted molar refractivity (Wildman–Crippen MR) is 83.3 cm³/mol. The van der Waals surface area contributed by atoms with Crippen LogP contribution in [-0.2, 0) is 20.0 Å². The van der Waals surface area contributed by atoms with Gasteiger partial charge in [-0.25, -0.2) is 4.98 Å². The van der Waals surface area contributed by atoms with Crippen molar-refractivity contribution in [3.63, 3.8) is 0 Å². The van der Waals surface area contributed by atoms with Crippen molar-refractivity contribution in [3.8, 4) is 10.8 Å². The first-order valence-corrected chi connectivity index (χ1v) is 8.20. The molecule has 3 aromatic heterocycles. The van der Waals surface area contributed by atoms with E-state index in [1.807, 2.05) is 23.8 Å². The van der Waals surface area contributed by atoms with E-state index in [1.165, 1.54) is 5.69 Å². The van der Waals surface area contributed by atoms with Crippen molar-refractivity contribution in [2.24, 2.45) is 7.05 Å². The molecule has 0 saturated heterocycles. The van der Waals surface area contributed by atoms with Crippen LogP contribution in [0.25, 0.3) is 10.8 Å². The van der Waals surface area contributed by atoms with Crippen LogP contribution in [0.3, 0.4) is 0 Å². The van der Waals surface area contributed by atoms with Gasteiger partial charge in [-0.05, 0) is 18.4 Å². The van der Waals surface area contributed by atoms with E-state index >= 15 is 0 Å². The van der Waals surface area contributed by atoms with Gasteiger partial charge in [-0.2, -0.15) is 0 Å². The lowest BCUT2D eigenvalue weighted by atomic mass is 10.1. The van der Waals surface area contributed by atoms with Gasteiger partial charge in [0.05, 0.1) is 22.9 Å². The molecular weight excluding hydrogens is 298 g/mol. The second kappa shape index (κ2) is 5.33. The lowest BCUT2D eigenvalue weighted by Gasteiger charge is -2.30. The van der Waals surface area contributed by atoms with E-state index in [0.717, 1.165) is 30.1 Å². The summed E-state index contributed by atoms with van der Waals surface area (Å²) in [4.78, 5) is 7.83. The van der Waals surface area contributed by atoms with Crippen LogP contribution in [0.15, 0.2) is 28.3 Å². The van der Waals surface area contributed by atoms with Crippen LogP contribution in [0.1, 0.15) is 30.2 Å². The highest BCUT2D eigenvalue weighted by atomic mass is 32.1. The van der Waals surface area contributed by atoms with Crippen molar-refractivity contribution in [1.29, 1.82) is 0 Å². The highest BCUT2D eigenvalue weighted by Crippen LogP contribution is 2.29. The second-order valence-corrected chi connectivity index (χ2v) is 6.52. The fourth-order valence-electron chi connectivity index (χ4n) is 2.87. The minimum Gasteiger partial charge on any atom is -0.418 e. The molecule has 0 N–H and O–H groups in total. The first-order valence-electron chi connectivity index (χ1n) is 7.33. The summed E-state index contributed by atoms with van der Waals surface area (Å²) >= 11 is 1.61. The molecule has 1 unspecified atom stereocenters. The highest BCUT2D eigenvalue weighted by molar-refractivity contribution is 7.13. The topological polar surface area (TPSA) is 60.0 Å². The van der Waals surface area contributed by atoms with Crippen molar-refractivity contribution >= 4 is 11.3 Å². The van der Waals surface area contributed by atoms with Crippen molar-refractivity contribution < 1.29 is 4.42 Å². The molecule has 0 aliphatic carbocycles. The fourth-order valence-corrected chi connectivity index (χ4v) is 3.51. The number of hydrogen-bond acceptors (Lipinski definition) is 6. The van der Waals surface area contributed by atoms with E-state index in [2.05, 4.69) is 38.6 Å². The molecular formula is C15H17N5OS. The van der Waals surface area contributed by atoms with Crippen LogP contribution in [0.4, 0.5) is 0 Å². The summed E-state index contributed by atoms with van der Waals surface area (Å²) < 4.78 is 7.97. The molecule has 114 valence electrons. The van der Waals surface area contributed by atoms with E-state index in [9.17, 15) is 0 Å². The highest BCUT2D eigenvalue weighted by Gasteiger charge is 2.27. The third kappa shape index (κ3) is 2.26. The summed E-state index contributed by atoms with van der Waals surface area (Å²) in [5.41, 5.74) is 2.48. The first-order chi connectivity index (χ1) is 10.7. The Morgan fingerprint density at radius 3 is 3.09 bits per heavy atom. The largest absolute Gasteiger partial charge is 0.418 e. The molecule has 3 aromatic rings. The number of aromatic nitrogens is 4. The zero-order valence-electron chi connectivity index (χ0n) is 12.6. The Kier molecular flexibility index (Phi) is 3.31. The van der Waals surface area contributed by atoms with Gasteiger partial charge in [0.2, 0.25) is 5.89 Å². The summed E-state index contributed by atoms with van der Waals surface area (Å²) in [6.45, 7) is 3.91. The average Bonchev–Trinajstić information content (AvgIpc) is 3.27. The molecule has 4 heterocycles.